The van der Waals surface area contributed by atoms with Crippen LogP contribution in [0.25, 0.3) is 0 Å². The van der Waals surface area contributed by atoms with Crippen molar-refractivity contribution in [1.29, 1.82) is 0 Å². The molecule has 1 N–H and O–H groups in total. The molecule has 1 fully saturated rings. The summed E-state index contributed by atoms with van der Waals surface area (Å²) in [6.07, 6.45) is -3.91. The first-order chi connectivity index (χ1) is 11.3. The quantitative estimate of drug-likeness (QED) is 0.913. The van der Waals surface area contributed by atoms with Gasteiger partial charge in [0, 0.05) is 39.1 Å². The number of amides is 1. The molecule has 7 heteroatoms. The van der Waals surface area contributed by atoms with Crippen LogP contribution in [0.2, 0.25) is 0 Å². The summed E-state index contributed by atoms with van der Waals surface area (Å²) in [5.74, 6) is 0.125. The van der Waals surface area contributed by atoms with Crippen molar-refractivity contribution >= 4 is 5.91 Å². The number of nitrogens with zero attached hydrogens (tertiary/aromatic N) is 2. The van der Waals surface area contributed by atoms with Gasteiger partial charge in [0.25, 0.3) is 0 Å². The third-order valence-electron chi connectivity index (χ3n) is 4.30. The molecular weight excluding hydrogens is 321 g/mol. The van der Waals surface area contributed by atoms with Crippen LogP contribution in [-0.2, 0) is 11.0 Å². The van der Waals surface area contributed by atoms with Crippen LogP contribution in [0.4, 0.5) is 13.2 Å². The summed E-state index contributed by atoms with van der Waals surface area (Å²) < 4.78 is 37.7. The molecule has 0 spiro atoms. The van der Waals surface area contributed by atoms with Gasteiger partial charge in [-0.3, -0.25) is 9.69 Å². The molecule has 0 aliphatic carbocycles. The normalized spacial score (nSPS) is 18.3. The topological polar surface area (TPSA) is 43.8 Å². The van der Waals surface area contributed by atoms with Crippen LogP contribution >= 0.6 is 0 Å². The number of alkyl halides is 3. The van der Waals surface area contributed by atoms with Crippen LogP contribution in [0.15, 0.2) is 24.3 Å². The molecule has 2 rings (SSSR count). The SMILES string of the molecule is CCC(=O)N1CCCN(C[C@H](O)c2ccc(C(F)(F)F)cc2)CC1. The lowest BCUT2D eigenvalue weighted by Gasteiger charge is -2.24. The lowest BCUT2D eigenvalue weighted by molar-refractivity contribution is -0.137. The zero-order valence-corrected chi connectivity index (χ0v) is 13.7. The van der Waals surface area contributed by atoms with Crippen molar-refractivity contribution in [3.63, 3.8) is 0 Å². The highest BCUT2D eigenvalue weighted by Crippen LogP contribution is 2.30. The van der Waals surface area contributed by atoms with E-state index >= 15 is 0 Å². The smallest absolute Gasteiger partial charge is 0.387 e. The zero-order chi connectivity index (χ0) is 17.7. The number of rotatable bonds is 4. The maximum absolute atomic E-state index is 12.6. The van der Waals surface area contributed by atoms with Crippen LogP contribution in [0, 0.1) is 0 Å². The lowest BCUT2D eigenvalue weighted by atomic mass is 10.1. The van der Waals surface area contributed by atoms with E-state index in [0.717, 1.165) is 25.1 Å². The summed E-state index contributed by atoms with van der Waals surface area (Å²) in [4.78, 5) is 15.6. The van der Waals surface area contributed by atoms with Gasteiger partial charge in [-0.25, -0.2) is 0 Å². The average Bonchev–Trinajstić information content (AvgIpc) is 2.79. The minimum absolute atomic E-state index is 0.125. The van der Waals surface area contributed by atoms with Gasteiger partial charge in [0.15, 0.2) is 0 Å². The first-order valence-electron chi connectivity index (χ1n) is 8.16. The molecule has 0 radical (unpaired) electrons. The first kappa shape index (κ1) is 18.7. The van der Waals surface area contributed by atoms with Crippen molar-refractivity contribution in [2.24, 2.45) is 0 Å². The highest BCUT2D eigenvalue weighted by molar-refractivity contribution is 5.75. The number of hydrogen-bond acceptors (Lipinski definition) is 3. The van der Waals surface area contributed by atoms with Crippen LogP contribution in [0.3, 0.4) is 0 Å². The van der Waals surface area contributed by atoms with E-state index in [4.69, 9.17) is 0 Å². The largest absolute Gasteiger partial charge is 0.416 e. The minimum atomic E-state index is -4.37. The first-order valence-corrected chi connectivity index (χ1v) is 8.16. The zero-order valence-electron chi connectivity index (χ0n) is 13.7. The highest BCUT2D eigenvalue weighted by Gasteiger charge is 2.30. The Kier molecular flexibility index (Phi) is 6.23. The fourth-order valence-corrected chi connectivity index (χ4v) is 2.87. The molecule has 1 heterocycles. The monoisotopic (exact) mass is 344 g/mol. The molecule has 1 aromatic rings. The fourth-order valence-electron chi connectivity index (χ4n) is 2.87. The molecule has 134 valence electrons. The van der Waals surface area contributed by atoms with Gasteiger partial charge in [-0.15, -0.1) is 0 Å². The van der Waals surface area contributed by atoms with E-state index in [0.29, 0.717) is 38.2 Å². The van der Waals surface area contributed by atoms with Crippen molar-refractivity contribution in [1.82, 2.24) is 9.80 Å². The Balaban J connectivity index is 1.92. The third kappa shape index (κ3) is 4.95. The second kappa shape index (κ2) is 7.98. The highest BCUT2D eigenvalue weighted by atomic mass is 19.4. The van der Waals surface area contributed by atoms with Crippen LogP contribution in [0.5, 0.6) is 0 Å². The molecular formula is C17H23F3N2O2. The molecule has 0 saturated carbocycles. The van der Waals surface area contributed by atoms with E-state index in [-0.39, 0.29) is 5.91 Å². The Morgan fingerprint density at radius 1 is 1.17 bits per heavy atom. The number of carbonyl (C=O) groups excluding carboxylic acids is 1. The predicted molar refractivity (Wildman–Crippen MR) is 84.3 cm³/mol. The molecule has 4 nitrogen and oxygen atoms in total. The lowest BCUT2D eigenvalue weighted by Crippen LogP contribution is -2.36. The van der Waals surface area contributed by atoms with Crippen LogP contribution in [0.1, 0.15) is 37.0 Å². The maximum atomic E-state index is 12.6. The molecule has 24 heavy (non-hydrogen) atoms. The van der Waals surface area contributed by atoms with Gasteiger partial charge in [-0.05, 0) is 24.1 Å². The van der Waals surface area contributed by atoms with E-state index in [9.17, 15) is 23.1 Å². The Bertz CT molecular complexity index is 546. The summed E-state index contributed by atoms with van der Waals surface area (Å²) in [6, 6.07) is 4.61. The predicted octanol–water partition coefficient (Wildman–Crippen LogP) is 2.68. The maximum Gasteiger partial charge on any atom is 0.416 e. The van der Waals surface area contributed by atoms with Crippen LogP contribution < -0.4 is 0 Å². The van der Waals surface area contributed by atoms with E-state index in [1.807, 2.05) is 16.7 Å². The number of carbonyl (C=O) groups is 1. The van der Waals surface area contributed by atoms with Gasteiger partial charge < -0.3 is 10.0 Å². The fraction of sp³-hybridized carbons (Fsp3) is 0.588. The van der Waals surface area contributed by atoms with Crippen molar-refractivity contribution in [3.8, 4) is 0 Å². The van der Waals surface area contributed by atoms with Gasteiger partial charge in [-0.1, -0.05) is 19.1 Å². The Labute approximate surface area is 139 Å². The van der Waals surface area contributed by atoms with Gasteiger partial charge in [0.2, 0.25) is 5.91 Å². The molecule has 0 unspecified atom stereocenters. The van der Waals surface area contributed by atoms with E-state index in [2.05, 4.69) is 0 Å². The summed E-state index contributed by atoms with van der Waals surface area (Å²) in [6.45, 7) is 4.92. The van der Waals surface area contributed by atoms with Crippen LogP contribution in [-0.4, -0.2) is 53.5 Å². The van der Waals surface area contributed by atoms with E-state index in [1.165, 1.54) is 12.1 Å². The van der Waals surface area contributed by atoms with Gasteiger partial charge in [-0.2, -0.15) is 13.2 Å². The summed E-state index contributed by atoms with van der Waals surface area (Å²) in [7, 11) is 0. The standard InChI is InChI=1S/C17H23F3N2O2/c1-2-16(24)22-9-3-8-21(10-11-22)12-15(23)13-4-6-14(7-5-13)17(18,19)20/h4-7,15,23H,2-3,8-12H2,1H3/t15-/m0/s1. The van der Waals surface area contributed by atoms with Crippen molar-refractivity contribution in [2.45, 2.75) is 32.0 Å². The second-order valence-corrected chi connectivity index (χ2v) is 6.02. The molecule has 1 aliphatic rings. The number of β-amino-alcohol motifs (C(OH)–C–C–N with tert-alkyl or cyclic N) is 1. The number of aliphatic hydroxyl groups excluding tert-OH is 1. The molecule has 0 bridgehead atoms. The van der Waals surface area contributed by atoms with Crippen molar-refractivity contribution in [2.75, 3.05) is 32.7 Å². The summed E-state index contributed by atoms with van der Waals surface area (Å²) in [5, 5.41) is 10.3. The minimum Gasteiger partial charge on any atom is -0.387 e. The second-order valence-electron chi connectivity index (χ2n) is 6.02. The number of aliphatic hydroxyl groups is 1. The number of benzene rings is 1. The number of hydrogen-bond donors (Lipinski definition) is 1. The molecule has 1 amide bonds. The molecule has 1 saturated heterocycles. The molecule has 0 aromatic heterocycles. The molecule has 1 atom stereocenters. The van der Waals surface area contributed by atoms with Gasteiger partial charge in [0.1, 0.15) is 0 Å². The number of halogens is 3. The molecule has 1 aliphatic heterocycles. The summed E-state index contributed by atoms with van der Waals surface area (Å²) in [5.41, 5.74) is -0.254. The van der Waals surface area contributed by atoms with E-state index < -0.39 is 17.8 Å². The third-order valence-corrected chi connectivity index (χ3v) is 4.30. The average molecular weight is 344 g/mol. The Morgan fingerprint density at radius 3 is 2.42 bits per heavy atom. The Hall–Kier alpha value is -1.60. The van der Waals surface area contributed by atoms with Crippen molar-refractivity contribution in [3.05, 3.63) is 35.4 Å². The Morgan fingerprint density at radius 2 is 1.83 bits per heavy atom. The van der Waals surface area contributed by atoms with E-state index in [1.54, 1.807) is 0 Å². The molecule has 1 aromatic carbocycles. The van der Waals surface area contributed by atoms with Gasteiger partial charge >= 0.3 is 6.18 Å². The van der Waals surface area contributed by atoms with Crippen molar-refractivity contribution < 1.29 is 23.1 Å². The van der Waals surface area contributed by atoms with Gasteiger partial charge in [0.05, 0.1) is 11.7 Å². The summed E-state index contributed by atoms with van der Waals surface area (Å²) >= 11 is 0.